The first-order valence-electron chi connectivity index (χ1n) is 5.77. The minimum Gasteiger partial charge on any atom is -0.394 e. The summed E-state index contributed by atoms with van der Waals surface area (Å²) in [6.45, 7) is 2.44. The molecule has 0 aromatic rings. The molecule has 0 aliphatic rings. The first-order chi connectivity index (χ1) is 7.22. The summed E-state index contributed by atoms with van der Waals surface area (Å²) in [5.74, 6) is 0. The Labute approximate surface area is 91.9 Å². The molecule has 2 unspecified atom stereocenters. The lowest BCUT2D eigenvalue weighted by atomic mass is 10.2. The molecule has 0 heterocycles. The number of rotatable bonds is 10. The van der Waals surface area contributed by atoms with Crippen LogP contribution in [0.4, 0.5) is 0 Å². The third-order valence-corrected chi connectivity index (χ3v) is 2.31. The molecular formula is C11H24O4. The highest BCUT2D eigenvalue weighted by Gasteiger charge is 2.14. The molecule has 0 radical (unpaired) electrons. The minimum absolute atomic E-state index is 0.0928. The van der Waals surface area contributed by atoms with Gasteiger partial charge in [0, 0.05) is 6.61 Å². The lowest BCUT2D eigenvalue weighted by molar-refractivity contribution is -0.0571. The first-order valence-corrected chi connectivity index (χ1v) is 5.77. The van der Waals surface area contributed by atoms with Gasteiger partial charge in [0.15, 0.2) is 0 Å². The van der Waals surface area contributed by atoms with Crippen LogP contribution in [-0.4, -0.2) is 47.3 Å². The van der Waals surface area contributed by atoms with Gasteiger partial charge in [0.2, 0.25) is 0 Å². The highest BCUT2D eigenvalue weighted by atomic mass is 16.5. The molecule has 0 aromatic carbocycles. The van der Waals surface area contributed by atoms with Gasteiger partial charge < -0.3 is 20.1 Å². The van der Waals surface area contributed by atoms with Crippen molar-refractivity contribution in [2.75, 3.05) is 19.8 Å². The molecule has 0 saturated carbocycles. The van der Waals surface area contributed by atoms with Crippen LogP contribution in [0.2, 0.25) is 0 Å². The van der Waals surface area contributed by atoms with Crippen molar-refractivity contribution in [2.45, 2.75) is 51.2 Å². The van der Waals surface area contributed by atoms with Crippen LogP contribution in [0, 0.1) is 0 Å². The second-order valence-corrected chi connectivity index (χ2v) is 3.81. The lowest BCUT2D eigenvalue weighted by Gasteiger charge is -2.15. The third kappa shape index (κ3) is 8.81. The summed E-state index contributed by atoms with van der Waals surface area (Å²) in [7, 11) is 0. The summed E-state index contributed by atoms with van der Waals surface area (Å²) in [6.07, 6.45) is 3.76. The molecule has 0 aliphatic carbocycles. The van der Waals surface area contributed by atoms with E-state index in [1.165, 1.54) is 19.3 Å². The van der Waals surface area contributed by atoms with E-state index in [-0.39, 0.29) is 6.61 Å². The third-order valence-electron chi connectivity index (χ3n) is 2.31. The van der Waals surface area contributed by atoms with Crippen molar-refractivity contribution in [1.29, 1.82) is 0 Å². The predicted molar refractivity (Wildman–Crippen MR) is 58.7 cm³/mol. The van der Waals surface area contributed by atoms with Crippen LogP contribution in [0.1, 0.15) is 39.0 Å². The fourth-order valence-electron chi connectivity index (χ4n) is 1.24. The molecule has 0 fully saturated rings. The topological polar surface area (TPSA) is 69.9 Å². The Balaban J connectivity index is 3.16. The van der Waals surface area contributed by atoms with E-state index in [0.717, 1.165) is 12.8 Å². The molecule has 0 aliphatic heterocycles. The van der Waals surface area contributed by atoms with E-state index in [2.05, 4.69) is 6.92 Å². The van der Waals surface area contributed by atoms with Crippen molar-refractivity contribution in [3.05, 3.63) is 0 Å². The van der Waals surface area contributed by atoms with Gasteiger partial charge in [-0.25, -0.2) is 0 Å². The number of hydrogen-bond donors (Lipinski definition) is 3. The van der Waals surface area contributed by atoms with Crippen LogP contribution in [-0.2, 0) is 4.74 Å². The molecule has 0 spiro atoms. The number of aliphatic hydroxyl groups is 3. The second kappa shape index (κ2) is 10.4. The maximum Gasteiger partial charge on any atom is 0.105 e. The van der Waals surface area contributed by atoms with E-state index in [0.29, 0.717) is 6.61 Å². The lowest BCUT2D eigenvalue weighted by Crippen LogP contribution is -2.33. The molecule has 0 aromatic heterocycles. The molecule has 0 rings (SSSR count). The highest BCUT2D eigenvalue weighted by Crippen LogP contribution is 2.02. The molecular weight excluding hydrogens is 196 g/mol. The van der Waals surface area contributed by atoms with Crippen LogP contribution in [0.15, 0.2) is 0 Å². The normalized spacial score (nSPS) is 15.2. The molecule has 0 amide bonds. The Morgan fingerprint density at radius 2 is 1.67 bits per heavy atom. The van der Waals surface area contributed by atoms with E-state index >= 15 is 0 Å². The van der Waals surface area contributed by atoms with Crippen LogP contribution in [0.3, 0.4) is 0 Å². The smallest absolute Gasteiger partial charge is 0.105 e. The predicted octanol–water partition coefficient (Wildman–Crippen LogP) is 0.687. The Morgan fingerprint density at radius 3 is 2.27 bits per heavy atom. The van der Waals surface area contributed by atoms with Gasteiger partial charge in [-0.2, -0.15) is 0 Å². The van der Waals surface area contributed by atoms with Gasteiger partial charge in [-0.3, -0.25) is 0 Å². The van der Waals surface area contributed by atoms with Gasteiger partial charge in [0.05, 0.1) is 13.2 Å². The maximum absolute atomic E-state index is 9.22. The number of ether oxygens (including phenoxy) is 1. The van der Waals surface area contributed by atoms with Gasteiger partial charge in [-0.1, -0.05) is 32.6 Å². The number of unbranched alkanes of at least 4 members (excludes halogenated alkanes) is 4. The molecule has 4 nitrogen and oxygen atoms in total. The molecule has 0 bridgehead atoms. The number of aliphatic hydroxyl groups excluding tert-OH is 3. The zero-order chi connectivity index (χ0) is 11.5. The standard InChI is InChI=1S/C11H24O4/c1-2-3-4-5-6-7-15-9-11(14)10(13)8-12/h10-14H,2-9H2,1H3. The molecule has 2 atom stereocenters. The number of hydrogen-bond acceptors (Lipinski definition) is 4. The Hall–Kier alpha value is -0.160. The maximum atomic E-state index is 9.22. The van der Waals surface area contributed by atoms with Gasteiger partial charge in [0.1, 0.15) is 12.2 Å². The van der Waals surface area contributed by atoms with Crippen LogP contribution in [0.5, 0.6) is 0 Å². The van der Waals surface area contributed by atoms with Crippen LogP contribution in [0.25, 0.3) is 0 Å². The summed E-state index contributed by atoms with van der Waals surface area (Å²) in [6, 6.07) is 0. The molecule has 0 saturated heterocycles. The van der Waals surface area contributed by atoms with Crippen molar-refractivity contribution in [1.82, 2.24) is 0 Å². The highest BCUT2D eigenvalue weighted by molar-refractivity contribution is 4.64. The minimum atomic E-state index is -1.09. The van der Waals surface area contributed by atoms with Crippen molar-refractivity contribution in [3.63, 3.8) is 0 Å². The van der Waals surface area contributed by atoms with E-state index < -0.39 is 18.8 Å². The van der Waals surface area contributed by atoms with Crippen molar-refractivity contribution < 1.29 is 20.1 Å². The van der Waals surface area contributed by atoms with Gasteiger partial charge in [-0.15, -0.1) is 0 Å². The van der Waals surface area contributed by atoms with Crippen LogP contribution >= 0.6 is 0 Å². The van der Waals surface area contributed by atoms with Crippen LogP contribution < -0.4 is 0 Å². The molecule has 92 valence electrons. The zero-order valence-electron chi connectivity index (χ0n) is 9.56. The summed E-state index contributed by atoms with van der Waals surface area (Å²) >= 11 is 0. The average molecular weight is 220 g/mol. The zero-order valence-corrected chi connectivity index (χ0v) is 9.56. The van der Waals surface area contributed by atoms with Gasteiger partial charge in [-0.05, 0) is 6.42 Å². The Kier molecular flexibility index (Phi) is 10.3. The van der Waals surface area contributed by atoms with Crippen molar-refractivity contribution in [3.8, 4) is 0 Å². The Bertz CT molecular complexity index is 130. The SMILES string of the molecule is CCCCCCCOCC(O)C(O)CO. The summed E-state index contributed by atoms with van der Waals surface area (Å²) in [4.78, 5) is 0. The van der Waals surface area contributed by atoms with E-state index in [4.69, 9.17) is 14.9 Å². The van der Waals surface area contributed by atoms with E-state index in [1.807, 2.05) is 0 Å². The average Bonchev–Trinajstić information content (AvgIpc) is 2.26. The monoisotopic (exact) mass is 220 g/mol. The molecule has 4 heteroatoms. The van der Waals surface area contributed by atoms with E-state index in [9.17, 15) is 5.11 Å². The summed E-state index contributed by atoms with van der Waals surface area (Å²) in [5.41, 5.74) is 0. The summed E-state index contributed by atoms with van der Waals surface area (Å²) in [5, 5.41) is 26.8. The quantitative estimate of drug-likeness (QED) is 0.474. The van der Waals surface area contributed by atoms with Crippen molar-refractivity contribution in [2.24, 2.45) is 0 Å². The van der Waals surface area contributed by atoms with Crippen molar-refractivity contribution >= 4 is 0 Å². The summed E-state index contributed by atoms with van der Waals surface area (Å²) < 4.78 is 5.18. The molecule has 15 heavy (non-hydrogen) atoms. The first kappa shape index (κ1) is 14.8. The van der Waals surface area contributed by atoms with Gasteiger partial charge >= 0.3 is 0 Å². The van der Waals surface area contributed by atoms with E-state index in [1.54, 1.807) is 0 Å². The molecule has 3 N–H and O–H groups in total. The largest absolute Gasteiger partial charge is 0.394 e. The fraction of sp³-hybridized carbons (Fsp3) is 1.00. The fourth-order valence-corrected chi connectivity index (χ4v) is 1.24. The second-order valence-electron chi connectivity index (χ2n) is 3.81. The van der Waals surface area contributed by atoms with Gasteiger partial charge in [0.25, 0.3) is 0 Å². The Morgan fingerprint density at radius 1 is 1.00 bits per heavy atom.